The first-order valence-corrected chi connectivity index (χ1v) is 9.89. The molecule has 1 aliphatic rings. The number of rotatable bonds is 8. The number of nitrogens with one attached hydrogen (secondary N) is 1. The average molecular weight is 340 g/mol. The van der Waals surface area contributed by atoms with Gasteiger partial charge in [-0.1, -0.05) is 13.8 Å². The van der Waals surface area contributed by atoms with Crippen molar-refractivity contribution in [3.8, 4) is 5.75 Å². The average Bonchev–Trinajstić information content (AvgIpc) is 3.02. The molecule has 1 fully saturated rings. The van der Waals surface area contributed by atoms with Crippen molar-refractivity contribution < 1.29 is 13.2 Å². The second-order valence-corrected chi connectivity index (χ2v) is 8.08. The third-order valence-corrected chi connectivity index (χ3v) is 5.75. The van der Waals surface area contributed by atoms with Gasteiger partial charge in [0.25, 0.3) is 0 Å². The fourth-order valence-corrected chi connectivity index (χ4v) is 4.07. The summed E-state index contributed by atoms with van der Waals surface area (Å²) in [6.07, 6.45) is 2.41. The molecule has 1 aliphatic heterocycles. The molecule has 1 unspecified atom stereocenters. The summed E-state index contributed by atoms with van der Waals surface area (Å²) in [5, 5.41) is 0. The number of nitrogens with zero attached hydrogens (tertiary/aromatic N) is 1. The molecular weight excluding hydrogens is 312 g/mol. The van der Waals surface area contributed by atoms with Crippen LogP contribution in [0.15, 0.2) is 29.2 Å². The Morgan fingerprint density at radius 1 is 1.17 bits per heavy atom. The lowest BCUT2D eigenvalue weighted by Gasteiger charge is -2.30. The van der Waals surface area contributed by atoms with Crippen molar-refractivity contribution >= 4 is 10.0 Å². The topological polar surface area (TPSA) is 58.6 Å². The van der Waals surface area contributed by atoms with Gasteiger partial charge in [0.15, 0.2) is 0 Å². The van der Waals surface area contributed by atoms with Gasteiger partial charge in [-0.2, -0.15) is 0 Å². The summed E-state index contributed by atoms with van der Waals surface area (Å²) in [7, 11) is -3.48. The summed E-state index contributed by atoms with van der Waals surface area (Å²) in [5.41, 5.74) is 0. The van der Waals surface area contributed by atoms with Crippen LogP contribution in [0.5, 0.6) is 5.75 Å². The van der Waals surface area contributed by atoms with Gasteiger partial charge in [-0.25, -0.2) is 13.1 Å². The second kappa shape index (κ2) is 8.13. The molecule has 0 radical (unpaired) electrons. The summed E-state index contributed by atoms with van der Waals surface area (Å²) < 4.78 is 33.1. The van der Waals surface area contributed by atoms with Gasteiger partial charge in [0.1, 0.15) is 5.75 Å². The Morgan fingerprint density at radius 3 is 2.30 bits per heavy atom. The zero-order valence-corrected chi connectivity index (χ0v) is 15.1. The zero-order valence-electron chi connectivity index (χ0n) is 14.3. The van der Waals surface area contributed by atoms with Crippen molar-refractivity contribution in [2.24, 2.45) is 5.92 Å². The maximum atomic E-state index is 12.5. The Hall–Kier alpha value is -1.11. The molecule has 23 heavy (non-hydrogen) atoms. The van der Waals surface area contributed by atoms with E-state index in [1.54, 1.807) is 24.3 Å². The van der Waals surface area contributed by atoms with Crippen LogP contribution in [0, 0.1) is 5.92 Å². The van der Waals surface area contributed by atoms with E-state index in [0.717, 1.165) is 13.1 Å². The quantitative estimate of drug-likeness (QED) is 0.790. The number of ether oxygens (including phenoxy) is 1. The van der Waals surface area contributed by atoms with Crippen LogP contribution in [0.4, 0.5) is 0 Å². The molecule has 1 atom stereocenters. The first-order valence-electron chi connectivity index (χ1n) is 8.40. The molecule has 0 saturated carbocycles. The molecule has 1 N–H and O–H groups in total. The van der Waals surface area contributed by atoms with E-state index in [-0.39, 0.29) is 10.9 Å². The monoisotopic (exact) mass is 340 g/mol. The number of hydrogen-bond donors (Lipinski definition) is 1. The largest absolute Gasteiger partial charge is 0.494 e. The molecule has 5 nitrogen and oxygen atoms in total. The molecule has 0 amide bonds. The lowest BCUT2D eigenvalue weighted by molar-refractivity contribution is 0.193. The first-order chi connectivity index (χ1) is 10.9. The molecule has 0 aliphatic carbocycles. The third-order valence-electron chi connectivity index (χ3n) is 4.31. The number of sulfonamides is 1. The van der Waals surface area contributed by atoms with E-state index in [9.17, 15) is 8.42 Å². The Kier molecular flexibility index (Phi) is 6.44. The molecule has 6 heteroatoms. The predicted octanol–water partition coefficient (Wildman–Crippen LogP) is 2.48. The SMILES string of the molecule is CCOc1ccc(S(=O)(=O)NCC(C(C)C)N2CCCC2)cc1. The number of likely N-dealkylation sites (tertiary alicyclic amines) is 1. The van der Waals surface area contributed by atoms with Crippen LogP contribution in [0.3, 0.4) is 0 Å². The lowest BCUT2D eigenvalue weighted by Crippen LogP contribution is -2.45. The summed E-state index contributed by atoms with van der Waals surface area (Å²) in [6, 6.07) is 6.81. The van der Waals surface area contributed by atoms with E-state index >= 15 is 0 Å². The molecule has 1 heterocycles. The number of benzene rings is 1. The summed E-state index contributed by atoms with van der Waals surface area (Å²) in [5.74, 6) is 1.10. The summed E-state index contributed by atoms with van der Waals surface area (Å²) >= 11 is 0. The number of hydrogen-bond acceptors (Lipinski definition) is 4. The lowest BCUT2D eigenvalue weighted by atomic mass is 10.0. The van der Waals surface area contributed by atoms with Gasteiger partial charge in [0, 0.05) is 12.6 Å². The van der Waals surface area contributed by atoms with Crippen molar-refractivity contribution in [3.05, 3.63) is 24.3 Å². The minimum Gasteiger partial charge on any atom is -0.494 e. The smallest absolute Gasteiger partial charge is 0.240 e. The van der Waals surface area contributed by atoms with E-state index in [1.807, 2.05) is 6.92 Å². The van der Waals surface area contributed by atoms with E-state index in [1.165, 1.54) is 12.8 Å². The van der Waals surface area contributed by atoms with Gasteiger partial charge >= 0.3 is 0 Å². The van der Waals surface area contributed by atoms with Crippen molar-refractivity contribution in [1.29, 1.82) is 0 Å². The van der Waals surface area contributed by atoms with Crippen LogP contribution in [0.1, 0.15) is 33.6 Å². The van der Waals surface area contributed by atoms with Gasteiger partial charge in [0.05, 0.1) is 11.5 Å². The fraction of sp³-hybridized carbons (Fsp3) is 0.647. The molecule has 130 valence electrons. The Morgan fingerprint density at radius 2 is 1.78 bits per heavy atom. The van der Waals surface area contributed by atoms with Crippen molar-refractivity contribution in [2.45, 2.75) is 44.6 Å². The second-order valence-electron chi connectivity index (χ2n) is 6.31. The fourth-order valence-electron chi connectivity index (χ4n) is 3.02. The van der Waals surface area contributed by atoms with Crippen LogP contribution in [0.25, 0.3) is 0 Å². The van der Waals surface area contributed by atoms with Crippen molar-refractivity contribution in [3.63, 3.8) is 0 Å². The minimum absolute atomic E-state index is 0.245. The standard InChI is InChI=1S/C17H28N2O3S/c1-4-22-15-7-9-16(10-8-15)23(20,21)18-13-17(14(2)3)19-11-5-6-12-19/h7-10,14,17-18H,4-6,11-13H2,1-3H3. The maximum Gasteiger partial charge on any atom is 0.240 e. The van der Waals surface area contributed by atoms with Crippen LogP contribution < -0.4 is 9.46 Å². The molecule has 1 saturated heterocycles. The van der Waals surface area contributed by atoms with E-state index in [0.29, 0.717) is 24.8 Å². The van der Waals surface area contributed by atoms with Crippen LogP contribution in [-0.2, 0) is 10.0 Å². The van der Waals surface area contributed by atoms with Gasteiger partial charge < -0.3 is 4.74 Å². The third kappa shape index (κ3) is 4.93. The van der Waals surface area contributed by atoms with Crippen molar-refractivity contribution in [2.75, 3.05) is 26.2 Å². The molecular formula is C17H28N2O3S. The predicted molar refractivity (Wildman–Crippen MR) is 92.2 cm³/mol. The van der Waals surface area contributed by atoms with Gasteiger partial charge in [-0.05, 0) is 63.0 Å². The van der Waals surface area contributed by atoms with Crippen molar-refractivity contribution in [1.82, 2.24) is 9.62 Å². The van der Waals surface area contributed by atoms with E-state index in [2.05, 4.69) is 23.5 Å². The Bertz CT molecular complexity index is 578. The summed E-state index contributed by atoms with van der Waals surface area (Å²) in [6.45, 7) is 9.34. The van der Waals surface area contributed by atoms with Crippen LogP contribution in [0.2, 0.25) is 0 Å². The van der Waals surface area contributed by atoms with Crippen LogP contribution in [-0.4, -0.2) is 45.6 Å². The highest BCUT2D eigenvalue weighted by molar-refractivity contribution is 7.89. The maximum absolute atomic E-state index is 12.5. The molecule has 2 rings (SSSR count). The van der Waals surface area contributed by atoms with E-state index < -0.39 is 10.0 Å². The highest BCUT2D eigenvalue weighted by Gasteiger charge is 2.26. The summed E-state index contributed by atoms with van der Waals surface area (Å²) in [4.78, 5) is 2.68. The van der Waals surface area contributed by atoms with Crippen LogP contribution >= 0.6 is 0 Å². The zero-order chi connectivity index (χ0) is 16.9. The Balaban J connectivity index is 2.01. The highest BCUT2D eigenvalue weighted by atomic mass is 32.2. The van der Waals surface area contributed by atoms with E-state index in [4.69, 9.17) is 4.74 Å². The van der Waals surface area contributed by atoms with Gasteiger partial charge in [-0.3, -0.25) is 4.90 Å². The highest BCUT2D eigenvalue weighted by Crippen LogP contribution is 2.19. The Labute approximate surface area is 140 Å². The molecule has 0 bridgehead atoms. The van der Waals surface area contributed by atoms with Gasteiger partial charge in [0.2, 0.25) is 10.0 Å². The minimum atomic E-state index is -3.48. The molecule has 0 aromatic heterocycles. The molecule has 0 spiro atoms. The van der Waals surface area contributed by atoms with Gasteiger partial charge in [-0.15, -0.1) is 0 Å². The normalized spacial score (nSPS) is 17.6. The molecule has 1 aromatic rings. The first kappa shape index (κ1) is 18.2. The molecule has 1 aromatic carbocycles.